The first-order valence-electron chi connectivity index (χ1n) is 6.96. The van der Waals surface area contributed by atoms with Crippen LogP contribution in [0.4, 0.5) is 11.4 Å². The molecule has 1 aliphatic carbocycles. The Balaban J connectivity index is 1.80. The lowest BCUT2D eigenvalue weighted by Crippen LogP contribution is -2.69. The highest BCUT2D eigenvalue weighted by Crippen LogP contribution is 2.39. The molecular formula is C14H19N3O3. The maximum atomic E-state index is 11.1. The zero-order valence-corrected chi connectivity index (χ0v) is 11.4. The molecule has 4 atom stereocenters. The lowest BCUT2D eigenvalue weighted by Gasteiger charge is -2.52. The number of nitro groups is 1. The van der Waals surface area contributed by atoms with Gasteiger partial charge in [0.05, 0.1) is 17.1 Å². The Morgan fingerprint density at radius 3 is 3.05 bits per heavy atom. The van der Waals surface area contributed by atoms with Crippen LogP contribution in [0.5, 0.6) is 0 Å². The van der Waals surface area contributed by atoms with Gasteiger partial charge in [-0.25, -0.2) is 0 Å². The number of ether oxygens (including phenoxy) is 1. The molecule has 0 bridgehead atoms. The molecule has 20 heavy (non-hydrogen) atoms. The standard InChI is InChI=1S/C14H19N3O3/c1-8-4-5-10(11(7-8)17(18)19)16-13-12(15)9-3-2-6-20-14(9)13/h4-5,7,9,12-14,16H,2-3,6,15H2,1H3. The number of hydrogen-bond acceptors (Lipinski definition) is 5. The number of nitrogens with one attached hydrogen (secondary N) is 1. The minimum absolute atomic E-state index is 0.00112. The highest BCUT2D eigenvalue weighted by atomic mass is 16.6. The Morgan fingerprint density at radius 2 is 2.30 bits per heavy atom. The van der Waals surface area contributed by atoms with Crippen molar-refractivity contribution in [2.24, 2.45) is 11.7 Å². The van der Waals surface area contributed by atoms with Crippen molar-refractivity contribution in [2.45, 2.75) is 38.0 Å². The first-order valence-corrected chi connectivity index (χ1v) is 6.96. The van der Waals surface area contributed by atoms with Gasteiger partial charge in [0, 0.05) is 24.6 Å². The Labute approximate surface area is 117 Å². The molecule has 108 valence electrons. The molecular weight excluding hydrogens is 258 g/mol. The molecule has 1 saturated heterocycles. The van der Waals surface area contributed by atoms with Gasteiger partial charge < -0.3 is 15.8 Å². The van der Waals surface area contributed by atoms with E-state index in [1.807, 2.05) is 13.0 Å². The molecule has 0 spiro atoms. The van der Waals surface area contributed by atoms with Crippen molar-refractivity contribution in [1.29, 1.82) is 0 Å². The van der Waals surface area contributed by atoms with Crippen molar-refractivity contribution in [3.63, 3.8) is 0 Å². The summed E-state index contributed by atoms with van der Waals surface area (Å²) < 4.78 is 5.74. The van der Waals surface area contributed by atoms with Gasteiger partial charge >= 0.3 is 0 Å². The average molecular weight is 277 g/mol. The van der Waals surface area contributed by atoms with Crippen molar-refractivity contribution in [3.05, 3.63) is 33.9 Å². The zero-order valence-electron chi connectivity index (χ0n) is 11.4. The molecule has 0 aromatic heterocycles. The molecule has 1 aromatic rings. The predicted octanol–water partition coefficient (Wildman–Crippen LogP) is 1.82. The summed E-state index contributed by atoms with van der Waals surface area (Å²) >= 11 is 0. The van der Waals surface area contributed by atoms with Gasteiger partial charge in [0.15, 0.2) is 0 Å². The summed E-state index contributed by atoms with van der Waals surface area (Å²) in [5, 5.41) is 14.3. The Hall–Kier alpha value is -1.66. The number of nitro benzene ring substituents is 1. The number of nitrogens with two attached hydrogens (primary N) is 1. The number of fused-ring (bicyclic) bond motifs is 1. The summed E-state index contributed by atoms with van der Waals surface area (Å²) in [6.45, 7) is 2.59. The van der Waals surface area contributed by atoms with E-state index in [1.54, 1.807) is 12.1 Å². The Morgan fingerprint density at radius 1 is 1.50 bits per heavy atom. The second kappa shape index (κ2) is 5.03. The molecule has 0 amide bonds. The van der Waals surface area contributed by atoms with Crippen LogP contribution in [0.1, 0.15) is 18.4 Å². The number of anilines is 1. The normalized spacial score (nSPS) is 32.1. The fourth-order valence-corrected chi connectivity index (χ4v) is 3.22. The summed E-state index contributed by atoms with van der Waals surface area (Å²) in [7, 11) is 0. The van der Waals surface area contributed by atoms with Crippen molar-refractivity contribution in [3.8, 4) is 0 Å². The maximum Gasteiger partial charge on any atom is 0.292 e. The average Bonchev–Trinajstić information content (AvgIpc) is 2.45. The molecule has 4 unspecified atom stereocenters. The van der Waals surface area contributed by atoms with Gasteiger partial charge in [-0.1, -0.05) is 6.07 Å². The van der Waals surface area contributed by atoms with Crippen LogP contribution in [-0.2, 0) is 4.74 Å². The third kappa shape index (κ3) is 2.14. The monoisotopic (exact) mass is 277 g/mol. The molecule has 2 fully saturated rings. The number of rotatable bonds is 3. The molecule has 1 aromatic carbocycles. The fraction of sp³-hybridized carbons (Fsp3) is 0.571. The summed E-state index contributed by atoms with van der Waals surface area (Å²) in [4.78, 5) is 10.8. The smallest absolute Gasteiger partial charge is 0.292 e. The number of hydrogen-bond donors (Lipinski definition) is 2. The summed E-state index contributed by atoms with van der Waals surface area (Å²) in [6, 6.07) is 5.14. The summed E-state index contributed by atoms with van der Waals surface area (Å²) in [5.41, 5.74) is 7.65. The number of aryl methyl sites for hydroxylation is 1. The van der Waals surface area contributed by atoms with Crippen molar-refractivity contribution in [1.82, 2.24) is 0 Å². The number of nitrogens with zero attached hydrogens (tertiary/aromatic N) is 1. The highest BCUT2D eigenvalue weighted by molar-refractivity contribution is 5.63. The molecule has 1 aliphatic heterocycles. The Kier molecular flexibility index (Phi) is 3.35. The van der Waals surface area contributed by atoms with Crippen molar-refractivity contribution < 1.29 is 9.66 Å². The van der Waals surface area contributed by atoms with E-state index >= 15 is 0 Å². The molecule has 1 saturated carbocycles. The summed E-state index contributed by atoms with van der Waals surface area (Å²) in [6.07, 6.45) is 2.21. The van der Waals surface area contributed by atoms with E-state index in [-0.39, 0.29) is 28.8 Å². The molecule has 6 nitrogen and oxygen atoms in total. The lowest BCUT2D eigenvalue weighted by atomic mass is 9.68. The van der Waals surface area contributed by atoms with Gasteiger partial charge in [0.1, 0.15) is 5.69 Å². The van der Waals surface area contributed by atoms with E-state index in [0.717, 1.165) is 25.0 Å². The van der Waals surface area contributed by atoms with E-state index < -0.39 is 0 Å². The molecule has 6 heteroatoms. The molecule has 3 N–H and O–H groups in total. The van der Waals surface area contributed by atoms with Crippen LogP contribution in [0.15, 0.2) is 18.2 Å². The largest absolute Gasteiger partial charge is 0.376 e. The van der Waals surface area contributed by atoms with Gasteiger partial charge in [-0.2, -0.15) is 0 Å². The maximum absolute atomic E-state index is 11.1. The second-order valence-corrected chi connectivity index (χ2v) is 5.67. The molecule has 2 aliphatic rings. The van der Waals surface area contributed by atoms with Gasteiger partial charge in [-0.15, -0.1) is 0 Å². The van der Waals surface area contributed by atoms with Crippen LogP contribution in [0.3, 0.4) is 0 Å². The van der Waals surface area contributed by atoms with Crippen LogP contribution in [0.25, 0.3) is 0 Å². The third-order valence-electron chi connectivity index (χ3n) is 4.35. The van der Waals surface area contributed by atoms with Crippen LogP contribution in [0.2, 0.25) is 0 Å². The summed E-state index contributed by atoms with van der Waals surface area (Å²) in [5.74, 6) is 0.380. The minimum Gasteiger partial charge on any atom is -0.376 e. The fourth-order valence-electron chi connectivity index (χ4n) is 3.22. The minimum atomic E-state index is -0.362. The van der Waals surface area contributed by atoms with Gasteiger partial charge in [-0.3, -0.25) is 10.1 Å². The van der Waals surface area contributed by atoms with E-state index in [4.69, 9.17) is 10.5 Å². The van der Waals surface area contributed by atoms with Crippen molar-refractivity contribution in [2.75, 3.05) is 11.9 Å². The lowest BCUT2D eigenvalue weighted by molar-refractivity contribution is -0.384. The first kappa shape index (κ1) is 13.3. The van der Waals surface area contributed by atoms with Crippen LogP contribution in [0, 0.1) is 23.0 Å². The van der Waals surface area contributed by atoms with Crippen LogP contribution in [-0.4, -0.2) is 29.7 Å². The van der Waals surface area contributed by atoms with E-state index in [1.165, 1.54) is 0 Å². The van der Waals surface area contributed by atoms with E-state index in [0.29, 0.717) is 11.6 Å². The Bertz CT molecular complexity index is 534. The SMILES string of the molecule is Cc1ccc(NC2C(N)C3CCCOC32)c([N+](=O)[O-])c1. The molecule has 1 heterocycles. The van der Waals surface area contributed by atoms with E-state index in [9.17, 15) is 10.1 Å². The van der Waals surface area contributed by atoms with E-state index in [2.05, 4.69) is 5.32 Å². The molecule has 0 radical (unpaired) electrons. The van der Waals surface area contributed by atoms with Gasteiger partial charge in [-0.05, 0) is 31.4 Å². The third-order valence-corrected chi connectivity index (χ3v) is 4.35. The highest BCUT2D eigenvalue weighted by Gasteiger charge is 2.50. The zero-order chi connectivity index (χ0) is 14.3. The van der Waals surface area contributed by atoms with Crippen LogP contribution < -0.4 is 11.1 Å². The number of benzene rings is 1. The molecule has 3 rings (SSSR count). The van der Waals surface area contributed by atoms with Gasteiger partial charge in [0.25, 0.3) is 5.69 Å². The second-order valence-electron chi connectivity index (χ2n) is 5.67. The first-order chi connectivity index (χ1) is 9.58. The quantitative estimate of drug-likeness (QED) is 0.649. The van der Waals surface area contributed by atoms with Crippen LogP contribution >= 0.6 is 0 Å². The van der Waals surface area contributed by atoms with Crippen molar-refractivity contribution >= 4 is 11.4 Å². The predicted molar refractivity (Wildman–Crippen MR) is 75.7 cm³/mol. The van der Waals surface area contributed by atoms with Gasteiger partial charge in [0.2, 0.25) is 0 Å². The topological polar surface area (TPSA) is 90.4 Å².